The standard InChI is InChI=1S/C13H11Br2N3O/c1-8-2-4-9(5-3-8)6-11(19)18-13-12(15)17-10(14)7-16-13/h2-5,7H,6H2,1H3,(H,16,18,19). The summed E-state index contributed by atoms with van der Waals surface area (Å²) < 4.78 is 1.11. The molecule has 19 heavy (non-hydrogen) atoms. The monoisotopic (exact) mass is 383 g/mol. The summed E-state index contributed by atoms with van der Waals surface area (Å²) in [6.07, 6.45) is 1.84. The second kappa shape index (κ2) is 6.25. The molecular formula is C13H11Br2N3O. The summed E-state index contributed by atoms with van der Waals surface area (Å²) in [5, 5.41) is 2.72. The first-order valence-corrected chi connectivity index (χ1v) is 7.16. The second-order valence-electron chi connectivity index (χ2n) is 4.04. The molecule has 2 aromatic rings. The number of carbonyl (C=O) groups is 1. The van der Waals surface area contributed by atoms with Crippen LogP contribution in [0.3, 0.4) is 0 Å². The maximum atomic E-state index is 11.9. The van der Waals surface area contributed by atoms with Crippen LogP contribution in [0.4, 0.5) is 5.82 Å². The molecule has 1 aromatic heterocycles. The third-order valence-electron chi connectivity index (χ3n) is 2.44. The number of nitrogens with zero attached hydrogens (tertiary/aromatic N) is 2. The molecule has 98 valence electrons. The first-order valence-electron chi connectivity index (χ1n) is 5.58. The number of rotatable bonds is 3. The Hall–Kier alpha value is -1.27. The number of amides is 1. The highest BCUT2D eigenvalue weighted by Gasteiger charge is 2.09. The Morgan fingerprint density at radius 1 is 1.26 bits per heavy atom. The van der Waals surface area contributed by atoms with Crippen molar-refractivity contribution in [1.82, 2.24) is 9.97 Å². The van der Waals surface area contributed by atoms with Gasteiger partial charge in [0, 0.05) is 0 Å². The van der Waals surface area contributed by atoms with Crippen LogP contribution in [-0.2, 0) is 11.2 Å². The minimum absolute atomic E-state index is 0.124. The van der Waals surface area contributed by atoms with Gasteiger partial charge in [-0.05, 0) is 44.3 Å². The summed E-state index contributed by atoms with van der Waals surface area (Å²) in [7, 11) is 0. The third kappa shape index (κ3) is 4.11. The summed E-state index contributed by atoms with van der Waals surface area (Å²) in [5.41, 5.74) is 2.13. The van der Waals surface area contributed by atoms with E-state index in [1.165, 1.54) is 11.8 Å². The molecule has 1 heterocycles. The van der Waals surface area contributed by atoms with Gasteiger partial charge in [0.05, 0.1) is 12.6 Å². The van der Waals surface area contributed by atoms with Gasteiger partial charge in [-0.25, -0.2) is 9.97 Å². The Morgan fingerprint density at radius 2 is 1.95 bits per heavy atom. The zero-order chi connectivity index (χ0) is 13.8. The number of benzene rings is 1. The molecule has 4 nitrogen and oxygen atoms in total. The van der Waals surface area contributed by atoms with Crippen molar-refractivity contribution in [1.29, 1.82) is 0 Å². The topological polar surface area (TPSA) is 54.9 Å². The fourth-order valence-electron chi connectivity index (χ4n) is 1.50. The van der Waals surface area contributed by atoms with E-state index < -0.39 is 0 Å². The van der Waals surface area contributed by atoms with Crippen molar-refractivity contribution in [2.45, 2.75) is 13.3 Å². The summed E-state index contributed by atoms with van der Waals surface area (Å²) in [6, 6.07) is 7.85. The van der Waals surface area contributed by atoms with E-state index in [0.29, 0.717) is 21.4 Å². The van der Waals surface area contributed by atoms with Crippen LogP contribution in [0.5, 0.6) is 0 Å². The molecule has 0 fully saturated rings. The number of nitrogens with one attached hydrogen (secondary N) is 1. The Kier molecular flexibility index (Phi) is 4.66. The Bertz CT molecular complexity index is 599. The van der Waals surface area contributed by atoms with E-state index in [4.69, 9.17) is 0 Å². The average molecular weight is 385 g/mol. The predicted molar refractivity (Wildman–Crippen MR) is 80.9 cm³/mol. The predicted octanol–water partition coefficient (Wildman–Crippen LogP) is 3.49. The summed E-state index contributed by atoms with van der Waals surface area (Å²) in [6.45, 7) is 2.01. The van der Waals surface area contributed by atoms with Gasteiger partial charge in [0.15, 0.2) is 5.82 Å². The number of carbonyl (C=O) groups excluding carboxylic acids is 1. The van der Waals surface area contributed by atoms with Gasteiger partial charge in [0.25, 0.3) is 0 Å². The third-order valence-corrected chi connectivity index (χ3v) is 3.38. The van der Waals surface area contributed by atoms with Gasteiger partial charge in [0.1, 0.15) is 9.21 Å². The minimum Gasteiger partial charge on any atom is -0.308 e. The average Bonchev–Trinajstić information content (AvgIpc) is 2.36. The summed E-state index contributed by atoms with van der Waals surface area (Å²) in [5.74, 6) is 0.293. The SMILES string of the molecule is Cc1ccc(CC(=O)Nc2ncc(Br)nc2Br)cc1. The van der Waals surface area contributed by atoms with Gasteiger partial charge in [-0.3, -0.25) is 4.79 Å². The number of hydrogen-bond donors (Lipinski definition) is 1. The molecule has 0 bridgehead atoms. The van der Waals surface area contributed by atoms with Crippen molar-refractivity contribution in [2.24, 2.45) is 0 Å². The van der Waals surface area contributed by atoms with Gasteiger partial charge < -0.3 is 5.32 Å². The Morgan fingerprint density at radius 3 is 2.58 bits per heavy atom. The van der Waals surface area contributed by atoms with Crippen LogP contribution in [0.15, 0.2) is 39.7 Å². The highest BCUT2D eigenvalue weighted by molar-refractivity contribution is 9.11. The molecule has 1 N–H and O–H groups in total. The highest BCUT2D eigenvalue weighted by atomic mass is 79.9. The Labute approximate surface area is 127 Å². The van der Waals surface area contributed by atoms with Crippen LogP contribution in [-0.4, -0.2) is 15.9 Å². The lowest BCUT2D eigenvalue weighted by molar-refractivity contribution is -0.115. The quantitative estimate of drug-likeness (QED) is 0.881. The molecule has 0 aliphatic rings. The van der Waals surface area contributed by atoms with E-state index in [-0.39, 0.29) is 5.91 Å². The minimum atomic E-state index is -0.124. The molecule has 0 aliphatic carbocycles. The fourth-order valence-corrected chi connectivity index (χ4v) is 2.41. The summed E-state index contributed by atoms with van der Waals surface area (Å²) >= 11 is 6.46. The lowest BCUT2D eigenvalue weighted by Crippen LogP contribution is -2.16. The van der Waals surface area contributed by atoms with Gasteiger partial charge in [-0.2, -0.15) is 0 Å². The number of hydrogen-bond acceptors (Lipinski definition) is 3. The van der Waals surface area contributed by atoms with Crippen molar-refractivity contribution in [3.05, 3.63) is 50.8 Å². The van der Waals surface area contributed by atoms with Gasteiger partial charge >= 0.3 is 0 Å². The molecule has 0 saturated heterocycles. The lowest BCUT2D eigenvalue weighted by atomic mass is 10.1. The number of aryl methyl sites for hydroxylation is 1. The normalized spacial score (nSPS) is 10.3. The van der Waals surface area contributed by atoms with Crippen molar-refractivity contribution in [3.8, 4) is 0 Å². The van der Waals surface area contributed by atoms with Crippen molar-refractivity contribution < 1.29 is 4.79 Å². The van der Waals surface area contributed by atoms with E-state index in [0.717, 1.165) is 5.56 Å². The lowest BCUT2D eigenvalue weighted by Gasteiger charge is -2.06. The van der Waals surface area contributed by atoms with Crippen molar-refractivity contribution >= 4 is 43.6 Å². The van der Waals surface area contributed by atoms with E-state index in [2.05, 4.69) is 47.1 Å². The molecule has 0 spiro atoms. The molecule has 0 aliphatic heterocycles. The maximum absolute atomic E-state index is 11.9. The van der Waals surface area contributed by atoms with Crippen LogP contribution < -0.4 is 5.32 Å². The van der Waals surface area contributed by atoms with Gasteiger partial charge in [0.2, 0.25) is 5.91 Å². The first kappa shape index (κ1) is 14.1. The van der Waals surface area contributed by atoms with E-state index in [1.807, 2.05) is 31.2 Å². The molecule has 0 radical (unpaired) electrons. The Balaban J connectivity index is 2.03. The van der Waals surface area contributed by atoms with Crippen LogP contribution in [0, 0.1) is 6.92 Å². The molecule has 0 saturated carbocycles. The van der Waals surface area contributed by atoms with Crippen molar-refractivity contribution in [2.75, 3.05) is 5.32 Å². The number of aromatic nitrogens is 2. The number of anilines is 1. The van der Waals surface area contributed by atoms with Gasteiger partial charge in [-0.15, -0.1) is 0 Å². The highest BCUT2D eigenvalue weighted by Crippen LogP contribution is 2.19. The number of halogens is 2. The maximum Gasteiger partial charge on any atom is 0.230 e. The zero-order valence-corrected chi connectivity index (χ0v) is 13.3. The molecule has 6 heteroatoms. The van der Waals surface area contributed by atoms with E-state index >= 15 is 0 Å². The second-order valence-corrected chi connectivity index (χ2v) is 5.61. The molecule has 1 amide bonds. The van der Waals surface area contributed by atoms with Crippen LogP contribution in [0.1, 0.15) is 11.1 Å². The molecule has 1 aromatic carbocycles. The van der Waals surface area contributed by atoms with Crippen molar-refractivity contribution in [3.63, 3.8) is 0 Å². The summed E-state index contributed by atoms with van der Waals surface area (Å²) in [4.78, 5) is 20.1. The van der Waals surface area contributed by atoms with Crippen LogP contribution in [0.25, 0.3) is 0 Å². The molecular weight excluding hydrogens is 374 g/mol. The smallest absolute Gasteiger partial charge is 0.230 e. The zero-order valence-electron chi connectivity index (χ0n) is 10.2. The molecule has 0 atom stereocenters. The van der Waals surface area contributed by atoms with Crippen LogP contribution in [0.2, 0.25) is 0 Å². The van der Waals surface area contributed by atoms with E-state index in [9.17, 15) is 4.79 Å². The molecule has 0 unspecified atom stereocenters. The van der Waals surface area contributed by atoms with Gasteiger partial charge in [-0.1, -0.05) is 29.8 Å². The van der Waals surface area contributed by atoms with E-state index in [1.54, 1.807) is 0 Å². The first-order chi connectivity index (χ1) is 9.04. The molecule has 2 rings (SSSR count). The fraction of sp³-hybridized carbons (Fsp3) is 0.154. The largest absolute Gasteiger partial charge is 0.308 e. The van der Waals surface area contributed by atoms with Crippen LogP contribution >= 0.6 is 31.9 Å².